The zero-order valence-corrected chi connectivity index (χ0v) is 16.3. The molecule has 0 radical (unpaired) electrons. The predicted molar refractivity (Wildman–Crippen MR) is 105 cm³/mol. The zero-order chi connectivity index (χ0) is 20.7. The zero-order valence-electron chi connectivity index (χ0n) is 16.3. The lowest BCUT2D eigenvalue weighted by Crippen LogP contribution is -2.42. The number of nitrogens with zero attached hydrogens (tertiary/aromatic N) is 1. The van der Waals surface area contributed by atoms with E-state index in [-0.39, 0.29) is 18.3 Å². The summed E-state index contributed by atoms with van der Waals surface area (Å²) in [5.74, 6) is 2.03. The number of fused-ring (bicyclic) bond motifs is 2. The topological polar surface area (TPSA) is 83.5 Å². The standard InChI is InChI=1S/C22H19NO7/c1-13-16(30-22(25)23-6-8-26-9-7-23)5-3-15-20(24)19(29-21(13)15)11-14-2-4-17-18(10-14)28-12-27-17/h2-5,10-11H,6-9,12H2,1H3/b19-11+. The summed E-state index contributed by atoms with van der Waals surface area (Å²) in [6.07, 6.45) is 1.21. The van der Waals surface area contributed by atoms with Gasteiger partial charge in [-0.3, -0.25) is 4.79 Å². The molecule has 2 aromatic carbocycles. The molecule has 154 valence electrons. The molecule has 0 atom stereocenters. The fourth-order valence-electron chi connectivity index (χ4n) is 3.54. The third kappa shape index (κ3) is 3.25. The molecule has 8 heteroatoms. The van der Waals surface area contributed by atoms with Crippen molar-refractivity contribution in [2.75, 3.05) is 33.1 Å². The maximum atomic E-state index is 12.8. The lowest BCUT2D eigenvalue weighted by atomic mass is 10.1. The van der Waals surface area contributed by atoms with E-state index in [2.05, 4.69) is 0 Å². The van der Waals surface area contributed by atoms with E-state index < -0.39 is 6.09 Å². The lowest BCUT2D eigenvalue weighted by Gasteiger charge is -2.26. The molecule has 0 N–H and O–H groups in total. The number of ketones is 1. The highest BCUT2D eigenvalue weighted by molar-refractivity contribution is 6.15. The van der Waals surface area contributed by atoms with Crippen molar-refractivity contribution in [1.29, 1.82) is 0 Å². The summed E-state index contributed by atoms with van der Waals surface area (Å²) in [6.45, 7) is 3.90. The summed E-state index contributed by atoms with van der Waals surface area (Å²) >= 11 is 0. The van der Waals surface area contributed by atoms with E-state index in [0.29, 0.717) is 60.4 Å². The molecule has 0 aliphatic carbocycles. The van der Waals surface area contributed by atoms with Gasteiger partial charge >= 0.3 is 6.09 Å². The first-order valence-electron chi connectivity index (χ1n) is 9.62. The second-order valence-electron chi connectivity index (χ2n) is 7.09. The molecule has 0 unspecified atom stereocenters. The highest BCUT2D eigenvalue weighted by atomic mass is 16.7. The van der Waals surface area contributed by atoms with Gasteiger partial charge < -0.3 is 28.6 Å². The molecule has 3 aliphatic rings. The number of hydrogen-bond acceptors (Lipinski definition) is 7. The Kier molecular flexibility index (Phi) is 4.55. The molecule has 0 saturated carbocycles. The van der Waals surface area contributed by atoms with Crippen molar-refractivity contribution in [2.24, 2.45) is 0 Å². The third-order valence-corrected chi connectivity index (χ3v) is 5.20. The number of ether oxygens (including phenoxy) is 5. The molecule has 0 bridgehead atoms. The van der Waals surface area contributed by atoms with Crippen LogP contribution in [0, 0.1) is 6.92 Å². The number of hydrogen-bond donors (Lipinski definition) is 0. The van der Waals surface area contributed by atoms with Crippen molar-refractivity contribution < 1.29 is 33.3 Å². The van der Waals surface area contributed by atoms with Crippen LogP contribution in [0.25, 0.3) is 6.08 Å². The number of carbonyl (C=O) groups is 2. The van der Waals surface area contributed by atoms with Crippen LogP contribution >= 0.6 is 0 Å². The Hall–Kier alpha value is -3.52. The van der Waals surface area contributed by atoms with Gasteiger partial charge in [0.15, 0.2) is 17.3 Å². The van der Waals surface area contributed by atoms with Gasteiger partial charge in [0.2, 0.25) is 12.6 Å². The predicted octanol–water partition coefficient (Wildman–Crippen LogP) is 3.17. The van der Waals surface area contributed by atoms with Gasteiger partial charge in [-0.1, -0.05) is 6.07 Å². The van der Waals surface area contributed by atoms with Crippen molar-refractivity contribution in [3.05, 3.63) is 52.8 Å². The largest absolute Gasteiger partial charge is 0.454 e. The molecule has 3 heterocycles. The summed E-state index contributed by atoms with van der Waals surface area (Å²) in [4.78, 5) is 26.8. The number of carbonyl (C=O) groups excluding carboxylic acids is 2. The van der Waals surface area contributed by atoms with Gasteiger partial charge in [0, 0.05) is 18.7 Å². The van der Waals surface area contributed by atoms with Crippen LogP contribution in [0.3, 0.4) is 0 Å². The van der Waals surface area contributed by atoms with E-state index in [9.17, 15) is 9.59 Å². The summed E-state index contributed by atoms with van der Waals surface area (Å²) in [6, 6.07) is 8.64. The second kappa shape index (κ2) is 7.38. The number of Topliss-reactive ketones (excluding diaryl/α,β-unsaturated/α-hetero) is 1. The molecule has 30 heavy (non-hydrogen) atoms. The summed E-state index contributed by atoms with van der Waals surface area (Å²) in [5.41, 5.74) is 1.79. The van der Waals surface area contributed by atoms with E-state index in [0.717, 1.165) is 5.56 Å². The molecule has 0 aromatic heterocycles. The molecule has 5 rings (SSSR count). The molecule has 2 aromatic rings. The third-order valence-electron chi connectivity index (χ3n) is 5.20. The maximum absolute atomic E-state index is 12.8. The molecule has 1 saturated heterocycles. The first kappa shape index (κ1) is 18.5. The van der Waals surface area contributed by atoms with Crippen LogP contribution < -0.4 is 18.9 Å². The van der Waals surface area contributed by atoms with Gasteiger partial charge in [0.05, 0.1) is 18.8 Å². The van der Waals surface area contributed by atoms with E-state index in [4.69, 9.17) is 23.7 Å². The van der Waals surface area contributed by atoms with Crippen molar-refractivity contribution in [3.63, 3.8) is 0 Å². The van der Waals surface area contributed by atoms with E-state index in [1.54, 1.807) is 42.2 Å². The Bertz CT molecular complexity index is 1070. The van der Waals surface area contributed by atoms with Gasteiger partial charge in [-0.2, -0.15) is 0 Å². The van der Waals surface area contributed by atoms with Crippen LogP contribution in [0.15, 0.2) is 36.1 Å². The Morgan fingerprint density at radius 3 is 2.73 bits per heavy atom. The molecular weight excluding hydrogens is 390 g/mol. The number of amides is 1. The van der Waals surface area contributed by atoms with Crippen LogP contribution in [-0.2, 0) is 4.74 Å². The van der Waals surface area contributed by atoms with Crippen LogP contribution in [0.2, 0.25) is 0 Å². The first-order chi connectivity index (χ1) is 14.6. The fraction of sp³-hybridized carbons (Fsp3) is 0.273. The molecule has 1 fully saturated rings. The molecule has 8 nitrogen and oxygen atoms in total. The van der Waals surface area contributed by atoms with Crippen molar-refractivity contribution in [1.82, 2.24) is 4.90 Å². The Balaban J connectivity index is 1.38. The van der Waals surface area contributed by atoms with E-state index >= 15 is 0 Å². The van der Waals surface area contributed by atoms with Crippen molar-refractivity contribution >= 4 is 18.0 Å². The van der Waals surface area contributed by atoms with Gasteiger partial charge in [-0.05, 0) is 42.8 Å². The SMILES string of the molecule is Cc1c(OC(=O)N2CCOCC2)ccc2c1O/C(=C/c1ccc3c(c1)OCO3)C2=O. The molecule has 1 amide bonds. The summed E-state index contributed by atoms with van der Waals surface area (Å²) in [7, 11) is 0. The summed E-state index contributed by atoms with van der Waals surface area (Å²) < 4.78 is 27.3. The van der Waals surface area contributed by atoms with Gasteiger partial charge in [-0.25, -0.2) is 4.79 Å². The fourth-order valence-corrected chi connectivity index (χ4v) is 3.54. The smallest absolute Gasteiger partial charge is 0.415 e. The minimum Gasteiger partial charge on any atom is -0.454 e. The number of rotatable bonds is 2. The first-order valence-corrected chi connectivity index (χ1v) is 9.62. The van der Waals surface area contributed by atoms with Crippen LogP contribution in [-0.4, -0.2) is 49.9 Å². The number of benzene rings is 2. The lowest BCUT2D eigenvalue weighted by molar-refractivity contribution is 0.0415. The van der Waals surface area contributed by atoms with Gasteiger partial charge in [0.25, 0.3) is 0 Å². The van der Waals surface area contributed by atoms with Gasteiger partial charge in [0.1, 0.15) is 11.5 Å². The molecule has 3 aliphatic heterocycles. The summed E-state index contributed by atoms with van der Waals surface area (Å²) in [5, 5.41) is 0. The highest BCUT2D eigenvalue weighted by Gasteiger charge is 2.31. The average Bonchev–Trinajstić information content (AvgIpc) is 3.35. The number of allylic oxidation sites excluding steroid dienone is 1. The minimum atomic E-state index is -0.443. The van der Waals surface area contributed by atoms with Crippen LogP contribution in [0.4, 0.5) is 4.79 Å². The van der Waals surface area contributed by atoms with E-state index in [1.807, 2.05) is 6.07 Å². The monoisotopic (exact) mass is 409 g/mol. The maximum Gasteiger partial charge on any atom is 0.415 e. The molecular formula is C22H19NO7. The Labute approximate surface area is 172 Å². The minimum absolute atomic E-state index is 0.182. The number of morpholine rings is 1. The van der Waals surface area contributed by atoms with Crippen LogP contribution in [0.5, 0.6) is 23.0 Å². The van der Waals surface area contributed by atoms with E-state index in [1.165, 1.54) is 0 Å². The second-order valence-corrected chi connectivity index (χ2v) is 7.09. The van der Waals surface area contributed by atoms with Crippen LogP contribution in [0.1, 0.15) is 21.5 Å². The van der Waals surface area contributed by atoms with Crippen molar-refractivity contribution in [3.8, 4) is 23.0 Å². The Morgan fingerprint density at radius 2 is 1.90 bits per heavy atom. The average molecular weight is 409 g/mol. The van der Waals surface area contributed by atoms with Gasteiger partial charge in [-0.15, -0.1) is 0 Å². The molecule has 0 spiro atoms. The van der Waals surface area contributed by atoms with Crippen molar-refractivity contribution in [2.45, 2.75) is 6.92 Å². The Morgan fingerprint density at radius 1 is 1.10 bits per heavy atom. The normalized spacial score (nSPS) is 18.4. The quantitative estimate of drug-likeness (QED) is 0.705. The highest BCUT2D eigenvalue weighted by Crippen LogP contribution is 2.40.